The highest BCUT2D eigenvalue weighted by molar-refractivity contribution is 5.40. The van der Waals surface area contributed by atoms with Gasteiger partial charge in [-0.1, -0.05) is 0 Å². The smallest absolute Gasteiger partial charge is 0.128 e. The third kappa shape index (κ3) is 0.913. The Kier molecular flexibility index (Phi) is 1.43. The molecule has 1 saturated heterocycles. The van der Waals surface area contributed by atoms with E-state index in [2.05, 4.69) is 0 Å². The molecule has 60 valence electrons. The first kappa shape index (κ1) is 7.34. The Morgan fingerprint density at radius 1 is 1.50 bits per heavy atom. The number of fused-ring (bicyclic) bond motifs is 1. The predicted octanol–water partition coefficient (Wildman–Crippen LogP) is 1.28. The van der Waals surface area contributed by atoms with Crippen molar-refractivity contribution in [1.82, 2.24) is 0 Å². The topological polar surface area (TPSA) is 60.1 Å². The maximum Gasteiger partial charge on any atom is 0.128 e. The molecule has 0 N–H and O–H groups in total. The van der Waals surface area contributed by atoms with Crippen molar-refractivity contribution in [2.75, 3.05) is 0 Å². The van der Waals surface area contributed by atoms with E-state index in [0.29, 0.717) is 0 Å². The van der Waals surface area contributed by atoms with Gasteiger partial charge in [-0.25, -0.2) is 0 Å². The minimum absolute atomic E-state index is 0.180. The molecule has 2 rings (SSSR count). The Morgan fingerprint density at radius 3 is 2.67 bits per heavy atom. The summed E-state index contributed by atoms with van der Waals surface area (Å²) in [5.41, 5.74) is -0.0414. The molecular weight excluding hydrogens is 152 g/mol. The molecule has 0 amide bonds. The lowest BCUT2D eigenvalue weighted by atomic mass is 10.0. The predicted molar refractivity (Wildman–Crippen MR) is 40.8 cm³/mol. The van der Waals surface area contributed by atoms with E-state index in [0.717, 1.165) is 19.3 Å². The van der Waals surface area contributed by atoms with E-state index in [1.165, 1.54) is 0 Å². The summed E-state index contributed by atoms with van der Waals surface area (Å²) in [4.78, 5) is 0. The van der Waals surface area contributed by atoms with Crippen molar-refractivity contribution >= 4 is 0 Å². The van der Waals surface area contributed by atoms with Crippen LogP contribution in [0.4, 0.5) is 0 Å². The van der Waals surface area contributed by atoms with Crippen LogP contribution in [0.25, 0.3) is 0 Å². The molecular formula is C9H8N2O. The maximum absolute atomic E-state index is 8.52. The molecule has 3 heteroatoms. The van der Waals surface area contributed by atoms with Gasteiger partial charge in [0.2, 0.25) is 0 Å². The molecule has 0 aromatic carbocycles. The molecule has 1 aliphatic carbocycles. The number of allylic oxidation sites excluding steroid dienone is 1. The minimum Gasteiger partial charge on any atom is -0.362 e. The van der Waals surface area contributed by atoms with Crippen LogP contribution in [0.5, 0.6) is 0 Å². The van der Waals surface area contributed by atoms with E-state index in [9.17, 15) is 0 Å². The van der Waals surface area contributed by atoms with Gasteiger partial charge in [0, 0.05) is 0 Å². The van der Waals surface area contributed by atoms with Crippen LogP contribution in [0, 0.1) is 22.7 Å². The van der Waals surface area contributed by atoms with Gasteiger partial charge in [0.05, 0.1) is 6.10 Å². The van der Waals surface area contributed by atoms with Crippen molar-refractivity contribution in [3.63, 3.8) is 0 Å². The monoisotopic (exact) mass is 160 g/mol. The molecule has 0 spiro atoms. The first-order valence-electron chi connectivity index (χ1n) is 4.01. The zero-order chi connectivity index (χ0) is 8.60. The van der Waals surface area contributed by atoms with E-state index in [4.69, 9.17) is 15.3 Å². The number of hydrogen-bond acceptors (Lipinski definition) is 3. The summed E-state index contributed by atoms with van der Waals surface area (Å²) in [6, 6.07) is 3.70. The Morgan fingerprint density at radius 2 is 2.25 bits per heavy atom. The fourth-order valence-electron chi connectivity index (χ4n) is 1.85. The molecule has 12 heavy (non-hydrogen) atoms. The lowest BCUT2D eigenvalue weighted by molar-refractivity contribution is 0.284. The van der Waals surface area contributed by atoms with Gasteiger partial charge >= 0.3 is 0 Å². The molecule has 0 aromatic heterocycles. The molecule has 2 unspecified atom stereocenters. The van der Waals surface area contributed by atoms with Crippen molar-refractivity contribution in [1.29, 1.82) is 10.5 Å². The van der Waals surface area contributed by atoms with E-state index < -0.39 is 0 Å². The second-order valence-electron chi connectivity index (χ2n) is 3.24. The molecule has 0 bridgehead atoms. The number of ether oxygens (including phenoxy) is 1. The van der Waals surface area contributed by atoms with Crippen molar-refractivity contribution in [2.45, 2.75) is 31.0 Å². The maximum atomic E-state index is 8.52. The van der Waals surface area contributed by atoms with Crippen LogP contribution in [0.2, 0.25) is 0 Å². The summed E-state index contributed by atoms with van der Waals surface area (Å²) in [5.74, 6) is 0. The second kappa shape index (κ2) is 2.33. The van der Waals surface area contributed by atoms with Crippen molar-refractivity contribution < 1.29 is 4.74 Å². The van der Waals surface area contributed by atoms with Crippen LogP contribution in [-0.2, 0) is 4.74 Å². The van der Waals surface area contributed by atoms with E-state index in [1.807, 2.05) is 12.1 Å². The SMILES string of the molecule is N#CC(C#N)=CC12CCCC1O2. The van der Waals surface area contributed by atoms with Gasteiger partial charge in [-0.2, -0.15) is 10.5 Å². The third-order valence-electron chi connectivity index (χ3n) is 2.51. The molecule has 1 aliphatic heterocycles. The van der Waals surface area contributed by atoms with Gasteiger partial charge in [-0.15, -0.1) is 0 Å². The number of rotatable bonds is 1. The standard InChI is InChI=1S/C9H8N2O/c10-5-7(6-11)4-9-3-1-2-8(9)12-9/h4,8H,1-3H2. The summed E-state index contributed by atoms with van der Waals surface area (Å²) in [6.45, 7) is 0. The summed E-state index contributed by atoms with van der Waals surface area (Å²) < 4.78 is 5.40. The van der Waals surface area contributed by atoms with Crippen LogP contribution >= 0.6 is 0 Å². The fourth-order valence-corrected chi connectivity index (χ4v) is 1.85. The Bertz CT molecular complexity index is 304. The average molecular weight is 160 g/mol. The second-order valence-corrected chi connectivity index (χ2v) is 3.24. The van der Waals surface area contributed by atoms with Crippen LogP contribution in [0.15, 0.2) is 11.6 Å². The molecule has 0 aromatic rings. The molecule has 2 fully saturated rings. The largest absolute Gasteiger partial charge is 0.362 e. The number of nitriles is 2. The van der Waals surface area contributed by atoms with Crippen LogP contribution in [0.3, 0.4) is 0 Å². The number of epoxide rings is 1. The van der Waals surface area contributed by atoms with Gasteiger partial charge in [-0.05, 0) is 25.3 Å². The van der Waals surface area contributed by atoms with Crippen molar-refractivity contribution in [3.8, 4) is 12.1 Å². The zero-order valence-electron chi connectivity index (χ0n) is 6.58. The zero-order valence-corrected chi connectivity index (χ0v) is 6.58. The van der Waals surface area contributed by atoms with E-state index in [-0.39, 0.29) is 17.3 Å². The Labute approximate surface area is 70.9 Å². The summed E-state index contributed by atoms with van der Waals surface area (Å²) in [5, 5.41) is 17.0. The summed E-state index contributed by atoms with van der Waals surface area (Å²) in [6.07, 6.45) is 5.15. The molecule has 2 atom stereocenters. The van der Waals surface area contributed by atoms with Gasteiger partial charge in [-0.3, -0.25) is 0 Å². The summed E-state index contributed by atoms with van der Waals surface area (Å²) >= 11 is 0. The van der Waals surface area contributed by atoms with Crippen LogP contribution in [-0.4, -0.2) is 11.7 Å². The highest BCUT2D eigenvalue weighted by Gasteiger charge is 2.57. The van der Waals surface area contributed by atoms with Gasteiger partial charge in [0.25, 0.3) is 0 Å². The Hall–Kier alpha value is -1.32. The lowest BCUT2D eigenvalue weighted by Gasteiger charge is -1.98. The van der Waals surface area contributed by atoms with Gasteiger partial charge in [0.15, 0.2) is 0 Å². The highest BCUT2D eigenvalue weighted by Crippen LogP contribution is 2.51. The minimum atomic E-state index is -0.221. The normalized spacial score (nSPS) is 36.0. The van der Waals surface area contributed by atoms with Gasteiger partial charge < -0.3 is 4.74 Å². The number of hydrogen-bond donors (Lipinski definition) is 0. The molecule has 2 aliphatic rings. The summed E-state index contributed by atoms with van der Waals surface area (Å²) in [7, 11) is 0. The first-order chi connectivity index (χ1) is 5.80. The van der Waals surface area contributed by atoms with E-state index >= 15 is 0 Å². The Balaban J connectivity index is 2.19. The lowest BCUT2D eigenvalue weighted by Crippen LogP contribution is -2.05. The van der Waals surface area contributed by atoms with E-state index in [1.54, 1.807) is 6.08 Å². The average Bonchev–Trinajstić information content (AvgIpc) is 2.65. The third-order valence-corrected chi connectivity index (χ3v) is 2.51. The van der Waals surface area contributed by atoms with Crippen molar-refractivity contribution in [2.24, 2.45) is 0 Å². The van der Waals surface area contributed by atoms with Crippen LogP contribution < -0.4 is 0 Å². The van der Waals surface area contributed by atoms with Crippen LogP contribution in [0.1, 0.15) is 19.3 Å². The molecule has 0 radical (unpaired) electrons. The molecule has 3 nitrogen and oxygen atoms in total. The fraction of sp³-hybridized carbons (Fsp3) is 0.556. The quantitative estimate of drug-likeness (QED) is 0.429. The van der Waals surface area contributed by atoms with Gasteiger partial charge in [0.1, 0.15) is 23.3 Å². The van der Waals surface area contributed by atoms with Crippen molar-refractivity contribution in [3.05, 3.63) is 11.6 Å². The molecule has 1 saturated carbocycles. The molecule has 1 heterocycles. The first-order valence-corrected chi connectivity index (χ1v) is 4.01. The number of nitrogens with zero attached hydrogens (tertiary/aromatic N) is 2. The highest BCUT2D eigenvalue weighted by atomic mass is 16.6.